The third-order valence-electron chi connectivity index (χ3n) is 3.56. The number of rotatable bonds is 5. The molecule has 1 saturated heterocycles. The van der Waals surface area contributed by atoms with Crippen molar-refractivity contribution in [2.45, 2.75) is 39.2 Å². The fourth-order valence-corrected chi connectivity index (χ4v) is 2.53. The van der Waals surface area contributed by atoms with Crippen LogP contribution < -0.4 is 5.32 Å². The van der Waals surface area contributed by atoms with Gasteiger partial charge >= 0.3 is 0 Å². The van der Waals surface area contributed by atoms with Crippen LogP contribution in [0.4, 0.5) is 0 Å². The van der Waals surface area contributed by atoms with Crippen LogP contribution in [-0.2, 0) is 13.0 Å². The number of piperidine rings is 1. The maximum absolute atomic E-state index is 9.66. The molecular weight excluding hydrogens is 216 g/mol. The smallest absolute Gasteiger partial charge is 0.138 e. The van der Waals surface area contributed by atoms with Gasteiger partial charge in [0, 0.05) is 24.9 Å². The van der Waals surface area contributed by atoms with Gasteiger partial charge in [0.2, 0.25) is 0 Å². The third-order valence-corrected chi connectivity index (χ3v) is 3.56. The third kappa shape index (κ3) is 2.84. The maximum Gasteiger partial charge on any atom is 0.138 e. The monoisotopic (exact) mass is 238 g/mol. The van der Waals surface area contributed by atoms with E-state index in [1.165, 1.54) is 0 Å². The van der Waals surface area contributed by atoms with Gasteiger partial charge in [0.1, 0.15) is 12.2 Å². The van der Waals surface area contributed by atoms with Crippen molar-refractivity contribution in [3.63, 3.8) is 0 Å². The zero-order valence-corrected chi connectivity index (χ0v) is 10.5. The first kappa shape index (κ1) is 12.5. The van der Waals surface area contributed by atoms with E-state index in [1.54, 1.807) is 6.33 Å². The number of hydrogen-bond donors (Lipinski definition) is 2. The maximum atomic E-state index is 9.66. The van der Waals surface area contributed by atoms with Crippen molar-refractivity contribution in [2.24, 2.45) is 5.41 Å². The van der Waals surface area contributed by atoms with Crippen molar-refractivity contribution in [2.75, 3.05) is 19.7 Å². The molecule has 5 nitrogen and oxygen atoms in total. The summed E-state index contributed by atoms with van der Waals surface area (Å²) < 4.78 is 1.96. The second kappa shape index (κ2) is 5.60. The van der Waals surface area contributed by atoms with E-state index in [9.17, 15) is 5.11 Å². The summed E-state index contributed by atoms with van der Waals surface area (Å²) in [7, 11) is 0. The first-order valence-electron chi connectivity index (χ1n) is 6.48. The van der Waals surface area contributed by atoms with Gasteiger partial charge in [-0.3, -0.25) is 4.68 Å². The molecule has 1 aliphatic rings. The number of aromatic nitrogens is 3. The Bertz CT molecular complexity index is 344. The Labute approximate surface area is 102 Å². The second-order valence-electron chi connectivity index (χ2n) is 5.01. The summed E-state index contributed by atoms with van der Waals surface area (Å²) in [4.78, 5) is 4.33. The summed E-state index contributed by atoms with van der Waals surface area (Å²) in [5.74, 6) is 1.00. The standard InChI is InChI=1S/C12H22N4O/c1-2-6-16-11(14-10-15-16)7-12(9-17)4-3-5-13-8-12/h10,13,17H,2-9H2,1H3. The Morgan fingerprint density at radius 1 is 1.59 bits per heavy atom. The summed E-state index contributed by atoms with van der Waals surface area (Å²) in [6.45, 7) is 5.20. The Morgan fingerprint density at radius 3 is 3.12 bits per heavy atom. The zero-order valence-electron chi connectivity index (χ0n) is 10.5. The van der Waals surface area contributed by atoms with Crippen LogP contribution in [-0.4, -0.2) is 39.6 Å². The summed E-state index contributed by atoms with van der Waals surface area (Å²) >= 11 is 0. The van der Waals surface area contributed by atoms with Crippen LogP contribution in [0.25, 0.3) is 0 Å². The molecule has 0 radical (unpaired) electrons. The van der Waals surface area contributed by atoms with Crippen molar-refractivity contribution >= 4 is 0 Å². The molecule has 96 valence electrons. The molecule has 5 heteroatoms. The van der Waals surface area contributed by atoms with Crippen LogP contribution in [0, 0.1) is 5.41 Å². The quantitative estimate of drug-likeness (QED) is 0.788. The molecule has 2 N–H and O–H groups in total. The minimum atomic E-state index is -0.0449. The first-order valence-corrected chi connectivity index (χ1v) is 6.48. The van der Waals surface area contributed by atoms with E-state index in [1.807, 2.05) is 4.68 Å². The summed E-state index contributed by atoms with van der Waals surface area (Å²) in [6.07, 6.45) is 5.68. The largest absolute Gasteiger partial charge is 0.396 e. The van der Waals surface area contributed by atoms with Crippen LogP contribution >= 0.6 is 0 Å². The van der Waals surface area contributed by atoms with Gasteiger partial charge in [0.15, 0.2) is 0 Å². The van der Waals surface area contributed by atoms with E-state index in [-0.39, 0.29) is 12.0 Å². The molecule has 1 atom stereocenters. The molecule has 1 fully saturated rings. The van der Waals surface area contributed by atoms with Crippen LogP contribution in [0.15, 0.2) is 6.33 Å². The highest BCUT2D eigenvalue weighted by molar-refractivity contribution is 4.96. The van der Waals surface area contributed by atoms with Crippen molar-refractivity contribution in [1.82, 2.24) is 20.1 Å². The van der Waals surface area contributed by atoms with Gasteiger partial charge in [-0.2, -0.15) is 5.10 Å². The highest BCUT2D eigenvalue weighted by Crippen LogP contribution is 2.29. The first-order chi connectivity index (χ1) is 8.29. The summed E-state index contributed by atoms with van der Waals surface area (Å²) in [5.41, 5.74) is -0.0449. The molecule has 1 aromatic heterocycles. The molecule has 0 spiro atoms. The molecule has 1 unspecified atom stereocenters. The lowest BCUT2D eigenvalue weighted by Gasteiger charge is -2.35. The predicted octanol–water partition coefficient (Wildman–Crippen LogP) is 0.593. The highest BCUT2D eigenvalue weighted by Gasteiger charge is 2.33. The van der Waals surface area contributed by atoms with Gasteiger partial charge in [-0.05, 0) is 25.8 Å². The topological polar surface area (TPSA) is 63.0 Å². The normalized spacial score (nSPS) is 25.1. The average Bonchev–Trinajstić information content (AvgIpc) is 2.78. The molecule has 2 heterocycles. The molecule has 0 bridgehead atoms. The molecule has 0 amide bonds. The second-order valence-corrected chi connectivity index (χ2v) is 5.01. The van der Waals surface area contributed by atoms with E-state index in [0.717, 1.165) is 51.1 Å². The van der Waals surface area contributed by atoms with Crippen molar-refractivity contribution in [3.05, 3.63) is 12.2 Å². The minimum Gasteiger partial charge on any atom is -0.396 e. The Kier molecular flexibility index (Phi) is 4.12. The number of aryl methyl sites for hydroxylation is 1. The summed E-state index contributed by atoms with van der Waals surface area (Å²) in [6, 6.07) is 0. The SMILES string of the molecule is CCCn1ncnc1CC1(CO)CCCNC1. The molecule has 17 heavy (non-hydrogen) atoms. The van der Waals surface area contributed by atoms with Gasteiger partial charge in [-0.1, -0.05) is 6.92 Å². The van der Waals surface area contributed by atoms with Gasteiger partial charge in [-0.25, -0.2) is 4.98 Å². The van der Waals surface area contributed by atoms with E-state index >= 15 is 0 Å². The van der Waals surface area contributed by atoms with Gasteiger partial charge in [0.25, 0.3) is 0 Å². The molecular formula is C12H22N4O. The fourth-order valence-electron chi connectivity index (χ4n) is 2.53. The van der Waals surface area contributed by atoms with Gasteiger partial charge < -0.3 is 10.4 Å². The van der Waals surface area contributed by atoms with E-state index in [2.05, 4.69) is 22.3 Å². The highest BCUT2D eigenvalue weighted by atomic mass is 16.3. The van der Waals surface area contributed by atoms with Crippen LogP contribution in [0.1, 0.15) is 32.0 Å². The van der Waals surface area contributed by atoms with Crippen molar-refractivity contribution in [1.29, 1.82) is 0 Å². The molecule has 0 aromatic carbocycles. The molecule has 2 rings (SSSR count). The zero-order chi connectivity index (χ0) is 12.1. The molecule has 1 aromatic rings. The van der Waals surface area contributed by atoms with Crippen LogP contribution in [0.3, 0.4) is 0 Å². The Hall–Kier alpha value is -0.940. The number of nitrogens with zero attached hydrogens (tertiary/aromatic N) is 3. The number of aliphatic hydroxyl groups excluding tert-OH is 1. The number of aliphatic hydroxyl groups is 1. The Balaban J connectivity index is 2.09. The van der Waals surface area contributed by atoms with Crippen molar-refractivity contribution < 1.29 is 5.11 Å². The lowest BCUT2D eigenvalue weighted by molar-refractivity contribution is 0.0915. The van der Waals surface area contributed by atoms with Gasteiger partial charge in [-0.15, -0.1) is 0 Å². The van der Waals surface area contributed by atoms with Gasteiger partial charge in [0.05, 0.1) is 6.61 Å². The fraction of sp³-hybridized carbons (Fsp3) is 0.833. The molecule has 1 aliphatic heterocycles. The van der Waals surface area contributed by atoms with E-state index in [0.29, 0.717) is 0 Å². The molecule has 0 saturated carbocycles. The lowest BCUT2D eigenvalue weighted by Crippen LogP contribution is -2.44. The van der Waals surface area contributed by atoms with Crippen LogP contribution in [0.2, 0.25) is 0 Å². The predicted molar refractivity (Wildman–Crippen MR) is 65.6 cm³/mol. The van der Waals surface area contributed by atoms with E-state index < -0.39 is 0 Å². The average molecular weight is 238 g/mol. The van der Waals surface area contributed by atoms with Crippen molar-refractivity contribution in [3.8, 4) is 0 Å². The number of hydrogen-bond acceptors (Lipinski definition) is 4. The summed E-state index contributed by atoms with van der Waals surface area (Å²) in [5, 5.41) is 17.3. The Morgan fingerprint density at radius 2 is 2.47 bits per heavy atom. The lowest BCUT2D eigenvalue weighted by atomic mass is 9.78. The van der Waals surface area contributed by atoms with Crippen LogP contribution in [0.5, 0.6) is 0 Å². The number of nitrogens with one attached hydrogen (secondary N) is 1. The molecule has 0 aliphatic carbocycles. The minimum absolute atomic E-state index is 0.0449. The van der Waals surface area contributed by atoms with E-state index in [4.69, 9.17) is 0 Å².